The van der Waals surface area contributed by atoms with Crippen LogP contribution in [0.15, 0.2) is 60.7 Å². The molecule has 0 spiro atoms. The zero-order valence-electron chi connectivity index (χ0n) is 16.1. The predicted octanol–water partition coefficient (Wildman–Crippen LogP) is 6.08. The average Bonchev–Trinajstić information content (AvgIpc) is 2.62. The van der Waals surface area contributed by atoms with Gasteiger partial charge in [0.05, 0.1) is 0 Å². The third-order valence-corrected chi connectivity index (χ3v) is 5.04. The number of unbranched alkanes of at least 4 members (excludes halogenated alkanes) is 4. The van der Waals surface area contributed by atoms with Gasteiger partial charge in [0.25, 0.3) is 0 Å². The first kappa shape index (κ1) is 22.8. The van der Waals surface area contributed by atoms with Crippen molar-refractivity contribution in [3.63, 3.8) is 0 Å². The zero-order valence-corrected chi connectivity index (χ0v) is 17.0. The fraction of sp³-hybridized carbons (Fsp3) is 0.455. The van der Waals surface area contributed by atoms with Crippen molar-refractivity contribution < 1.29 is 14.7 Å². The molecular formula is C22H34O3P+. The molecule has 0 amide bonds. The van der Waals surface area contributed by atoms with Crippen LogP contribution in [0.4, 0.5) is 0 Å². The molecule has 0 bridgehead atoms. The largest absolute Gasteiger partial charge is 0.403 e. The lowest BCUT2D eigenvalue weighted by Crippen LogP contribution is -1.95. The molecule has 0 atom stereocenters. The van der Waals surface area contributed by atoms with Crippen molar-refractivity contribution in [2.45, 2.75) is 52.4 Å². The molecule has 4 heteroatoms. The van der Waals surface area contributed by atoms with E-state index in [1.807, 2.05) is 12.1 Å². The van der Waals surface area contributed by atoms with Crippen LogP contribution in [-0.4, -0.2) is 20.8 Å². The Bertz CT molecular complexity index is 527. The number of hydrogen-bond acceptors (Lipinski definition) is 3. The van der Waals surface area contributed by atoms with E-state index in [0.29, 0.717) is 0 Å². The average molecular weight is 377 g/mol. The summed E-state index contributed by atoms with van der Waals surface area (Å²) >= 11 is 0. The van der Waals surface area contributed by atoms with Crippen molar-refractivity contribution in [1.82, 2.24) is 0 Å². The Balaban J connectivity index is 0.000000262. The van der Waals surface area contributed by atoms with Gasteiger partial charge in [-0.2, -0.15) is 14.7 Å². The molecule has 2 rings (SSSR count). The molecule has 3 N–H and O–H groups in total. The van der Waals surface area contributed by atoms with Crippen LogP contribution in [0.2, 0.25) is 0 Å². The maximum Gasteiger partial charge on any atom is 0.403 e. The molecule has 144 valence electrons. The first-order chi connectivity index (χ1) is 12.4. The molecule has 0 saturated heterocycles. The van der Waals surface area contributed by atoms with Gasteiger partial charge in [0, 0.05) is 0 Å². The summed E-state index contributed by atoms with van der Waals surface area (Å²) in [5.74, 6) is 0.779. The summed E-state index contributed by atoms with van der Waals surface area (Å²) < 4.78 is 0. The molecule has 3 nitrogen and oxygen atoms in total. The molecule has 0 heterocycles. The fourth-order valence-corrected chi connectivity index (χ4v) is 3.32. The van der Waals surface area contributed by atoms with Crippen LogP contribution in [0, 0.1) is 5.92 Å². The molecule has 0 aromatic heterocycles. The first-order valence-electron chi connectivity index (χ1n) is 9.55. The maximum absolute atomic E-state index is 8.72. The van der Waals surface area contributed by atoms with Crippen molar-refractivity contribution in [3.05, 3.63) is 60.7 Å². The normalized spacial score (nSPS) is 11.2. The lowest BCUT2D eigenvalue weighted by Gasteiger charge is -2.05. The van der Waals surface area contributed by atoms with E-state index in [0.717, 1.165) is 25.2 Å². The van der Waals surface area contributed by atoms with E-state index in [4.69, 9.17) is 14.7 Å². The topological polar surface area (TPSA) is 60.7 Å². The number of rotatable bonds is 9. The Morgan fingerprint density at radius 2 is 1.08 bits per heavy atom. The third kappa shape index (κ3) is 12.2. The Labute approximate surface area is 159 Å². The van der Waals surface area contributed by atoms with Crippen molar-refractivity contribution in [2.75, 3.05) is 6.16 Å². The second-order valence-electron chi connectivity index (χ2n) is 7.10. The van der Waals surface area contributed by atoms with E-state index >= 15 is 0 Å². The van der Waals surface area contributed by atoms with Crippen LogP contribution in [0.25, 0.3) is 11.1 Å². The van der Waals surface area contributed by atoms with Crippen molar-refractivity contribution in [3.8, 4) is 11.1 Å². The Morgan fingerprint density at radius 3 is 1.50 bits per heavy atom. The molecule has 26 heavy (non-hydrogen) atoms. The van der Waals surface area contributed by atoms with Crippen LogP contribution in [0.3, 0.4) is 0 Å². The second-order valence-corrected chi connectivity index (χ2v) is 8.93. The summed E-state index contributed by atoms with van der Waals surface area (Å²) in [6.45, 7) is 4.45. The van der Waals surface area contributed by atoms with Gasteiger partial charge in [0.15, 0.2) is 0 Å². The minimum absolute atomic E-state index is 0.164. The third-order valence-electron chi connectivity index (χ3n) is 4.12. The zero-order chi connectivity index (χ0) is 19.3. The molecule has 0 radical (unpaired) electrons. The minimum Gasteiger partial charge on any atom is -0.193 e. The summed E-state index contributed by atoms with van der Waals surface area (Å²) in [5, 5.41) is 0. The Hall–Kier alpha value is -1.25. The molecule has 0 aliphatic rings. The van der Waals surface area contributed by atoms with E-state index in [-0.39, 0.29) is 6.16 Å². The van der Waals surface area contributed by atoms with Crippen LogP contribution in [0.5, 0.6) is 0 Å². The van der Waals surface area contributed by atoms with Crippen molar-refractivity contribution in [1.29, 1.82) is 0 Å². The highest BCUT2D eigenvalue weighted by Gasteiger charge is 2.27. The van der Waals surface area contributed by atoms with Crippen molar-refractivity contribution in [2.24, 2.45) is 5.92 Å². The number of benzene rings is 2. The Kier molecular flexibility index (Phi) is 11.4. The second kappa shape index (κ2) is 13.0. The standard InChI is InChI=1S/C12H10.C10H24O3P/c1-3-7-11(8-4-1)12-9-5-2-6-10-12;1-10(2)8-6-4-3-5-7-9-14(11,12)13/h1-10H;10-13H,3-9H2,1-2H3/q;+1. The predicted molar refractivity (Wildman–Crippen MR) is 113 cm³/mol. The van der Waals surface area contributed by atoms with Gasteiger partial charge in [-0.1, -0.05) is 100 Å². The molecule has 0 unspecified atom stereocenters. The molecule has 2 aromatic rings. The Morgan fingerprint density at radius 1 is 0.654 bits per heavy atom. The van der Waals surface area contributed by atoms with Gasteiger partial charge in [0.2, 0.25) is 0 Å². The van der Waals surface area contributed by atoms with Crippen LogP contribution in [-0.2, 0) is 0 Å². The molecule has 0 aliphatic heterocycles. The van der Waals surface area contributed by atoms with E-state index < -0.39 is 7.94 Å². The monoisotopic (exact) mass is 377 g/mol. The van der Waals surface area contributed by atoms with E-state index in [9.17, 15) is 0 Å². The quantitative estimate of drug-likeness (QED) is 0.367. The summed E-state index contributed by atoms with van der Waals surface area (Å²) in [4.78, 5) is 26.1. The van der Waals surface area contributed by atoms with E-state index in [1.165, 1.54) is 30.4 Å². The number of hydrogen-bond donors (Lipinski definition) is 3. The van der Waals surface area contributed by atoms with Gasteiger partial charge >= 0.3 is 7.94 Å². The summed E-state index contributed by atoms with van der Waals surface area (Å²) in [6.07, 6.45) is 6.75. The van der Waals surface area contributed by atoms with Crippen molar-refractivity contribution >= 4 is 7.94 Å². The van der Waals surface area contributed by atoms with Crippen LogP contribution in [0.1, 0.15) is 52.4 Å². The molecule has 0 fully saturated rings. The SMILES string of the molecule is CC(C)CCCCCCC[P+](O)(O)O.c1ccc(-c2ccccc2)cc1. The van der Waals surface area contributed by atoms with E-state index in [1.54, 1.807) is 0 Å². The van der Waals surface area contributed by atoms with E-state index in [2.05, 4.69) is 62.4 Å². The lowest BCUT2D eigenvalue weighted by atomic mass is 10.0. The smallest absolute Gasteiger partial charge is 0.193 e. The first-order valence-corrected chi connectivity index (χ1v) is 11.4. The highest BCUT2D eigenvalue weighted by atomic mass is 31.2. The molecule has 0 saturated carbocycles. The summed E-state index contributed by atoms with van der Waals surface area (Å²) in [6, 6.07) is 20.8. The van der Waals surface area contributed by atoms with Gasteiger partial charge < -0.3 is 0 Å². The fourth-order valence-electron chi connectivity index (χ4n) is 2.67. The summed E-state index contributed by atoms with van der Waals surface area (Å²) in [5.41, 5.74) is 2.55. The van der Waals surface area contributed by atoms with Gasteiger partial charge in [-0.3, -0.25) is 0 Å². The van der Waals surface area contributed by atoms with Gasteiger partial charge in [-0.15, -0.1) is 0 Å². The molecular weight excluding hydrogens is 343 g/mol. The highest BCUT2D eigenvalue weighted by molar-refractivity contribution is 7.58. The maximum atomic E-state index is 8.72. The minimum atomic E-state index is -3.49. The van der Waals surface area contributed by atoms with Crippen LogP contribution >= 0.6 is 7.94 Å². The van der Waals surface area contributed by atoms with Crippen LogP contribution < -0.4 is 0 Å². The van der Waals surface area contributed by atoms with Gasteiger partial charge in [-0.25, -0.2) is 0 Å². The summed E-state index contributed by atoms with van der Waals surface area (Å²) in [7, 11) is -3.49. The highest BCUT2D eigenvalue weighted by Crippen LogP contribution is 2.45. The molecule has 2 aromatic carbocycles. The molecule has 0 aliphatic carbocycles. The van der Waals surface area contributed by atoms with Gasteiger partial charge in [0.1, 0.15) is 6.16 Å². The van der Waals surface area contributed by atoms with Gasteiger partial charge in [-0.05, 0) is 29.9 Å². The lowest BCUT2D eigenvalue weighted by molar-refractivity contribution is 0.328.